The number of aryl methyl sites for hydroxylation is 2. The number of benzene rings is 2. The summed E-state index contributed by atoms with van der Waals surface area (Å²) in [5.74, 6) is 0. The summed E-state index contributed by atoms with van der Waals surface area (Å²) in [6.07, 6.45) is 2.22. The number of aromatic nitrogens is 1. The Morgan fingerprint density at radius 3 is 2.57 bits per heavy atom. The Kier molecular flexibility index (Phi) is 3.80. The summed E-state index contributed by atoms with van der Waals surface area (Å²) in [6.45, 7) is 5.29. The lowest BCUT2D eigenvalue weighted by atomic mass is 10.0. The number of hydrogen-bond donors (Lipinski definition) is 1. The SMILES string of the molecule is Cc1ccccc1C(C)NCc1cn(C)c2ccccc12. The van der Waals surface area contributed by atoms with Gasteiger partial charge in [0.2, 0.25) is 0 Å². The highest BCUT2D eigenvalue weighted by Crippen LogP contribution is 2.22. The predicted molar refractivity (Wildman–Crippen MR) is 89.4 cm³/mol. The van der Waals surface area contributed by atoms with E-state index in [1.807, 2.05) is 0 Å². The monoisotopic (exact) mass is 278 g/mol. The molecule has 0 spiro atoms. The second-order valence-corrected chi connectivity index (χ2v) is 5.74. The summed E-state index contributed by atoms with van der Waals surface area (Å²) in [6, 6.07) is 17.5. The highest BCUT2D eigenvalue weighted by molar-refractivity contribution is 5.83. The molecule has 108 valence electrons. The van der Waals surface area contributed by atoms with Gasteiger partial charge < -0.3 is 9.88 Å². The van der Waals surface area contributed by atoms with Crippen LogP contribution < -0.4 is 5.32 Å². The van der Waals surface area contributed by atoms with E-state index < -0.39 is 0 Å². The van der Waals surface area contributed by atoms with E-state index in [1.54, 1.807) is 0 Å². The van der Waals surface area contributed by atoms with Crippen LogP contribution in [0, 0.1) is 6.92 Å². The lowest BCUT2D eigenvalue weighted by molar-refractivity contribution is 0.573. The predicted octanol–water partition coefficient (Wildman–Crippen LogP) is 4.34. The van der Waals surface area contributed by atoms with E-state index >= 15 is 0 Å². The molecule has 1 heterocycles. The third kappa shape index (κ3) is 2.72. The number of para-hydroxylation sites is 1. The van der Waals surface area contributed by atoms with Crippen LogP contribution in [0.4, 0.5) is 0 Å². The summed E-state index contributed by atoms with van der Waals surface area (Å²) in [5.41, 5.74) is 5.36. The molecule has 2 heteroatoms. The summed E-state index contributed by atoms with van der Waals surface area (Å²) in [4.78, 5) is 0. The summed E-state index contributed by atoms with van der Waals surface area (Å²) >= 11 is 0. The van der Waals surface area contributed by atoms with Crippen molar-refractivity contribution in [2.75, 3.05) is 0 Å². The molecule has 3 aromatic rings. The van der Waals surface area contributed by atoms with Crippen molar-refractivity contribution < 1.29 is 0 Å². The molecular weight excluding hydrogens is 256 g/mol. The fourth-order valence-electron chi connectivity index (χ4n) is 3.01. The van der Waals surface area contributed by atoms with Gasteiger partial charge in [-0.25, -0.2) is 0 Å². The van der Waals surface area contributed by atoms with Gasteiger partial charge in [-0.3, -0.25) is 0 Å². The molecule has 0 aliphatic heterocycles. The molecule has 21 heavy (non-hydrogen) atoms. The molecule has 1 unspecified atom stereocenters. The molecular formula is C19H22N2. The molecule has 1 N–H and O–H groups in total. The number of rotatable bonds is 4. The third-order valence-electron chi connectivity index (χ3n) is 4.23. The first-order valence-electron chi connectivity index (χ1n) is 7.48. The quantitative estimate of drug-likeness (QED) is 0.751. The number of nitrogens with one attached hydrogen (secondary N) is 1. The van der Waals surface area contributed by atoms with Crippen LogP contribution in [-0.4, -0.2) is 4.57 Å². The summed E-state index contributed by atoms with van der Waals surface area (Å²) in [7, 11) is 2.11. The van der Waals surface area contributed by atoms with E-state index in [4.69, 9.17) is 0 Å². The van der Waals surface area contributed by atoms with Crippen LogP contribution in [0.15, 0.2) is 54.7 Å². The zero-order chi connectivity index (χ0) is 14.8. The molecule has 0 bridgehead atoms. The van der Waals surface area contributed by atoms with Gasteiger partial charge in [-0.15, -0.1) is 0 Å². The molecule has 0 aliphatic carbocycles. The zero-order valence-corrected chi connectivity index (χ0v) is 12.9. The van der Waals surface area contributed by atoms with Crippen LogP contribution in [0.25, 0.3) is 10.9 Å². The topological polar surface area (TPSA) is 17.0 Å². The smallest absolute Gasteiger partial charge is 0.0481 e. The largest absolute Gasteiger partial charge is 0.350 e. The first-order chi connectivity index (χ1) is 10.2. The van der Waals surface area contributed by atoms with Crippen molar-refractivity contribution in [3.8, 4) is 0 Å². The second-order valence-electron chi connectivity index (χ2n) is 5.74. The van der Waals surface area contributed by atoms with Gasteiger partial charge in [-0.1, -0.05) is 42.5 Å². The molecule has 0 saturated heterocycles. The Morgan fingerprint density at radius 1 is 1.05 bits per heavy atom. The molecule has 1 atom stereocenters. The van der Waals surface area contributed by atoms with Gasteiger partial charge in [0, 0.05) is 36.7 Å². The van der Waals surface area contributed by atoms with Crippen molar-refractivity contribution in [2.24, 2.45) is 7.05 Å². The van der Waals surface area contributed by atoms with E-state index in [-0.39, 0.29) is 0 Å². The van der Waals surface area contributed by atoms with E-state index in [0.29, 0.717) is 6.04 Å². The van der Waals surface area contributed by atoms with E-state index in [1.165, 1.54) is 27.6 Å². The van der Waals surface area contributed by atoms with Crippen LogP contribution in [0.1, 0.15) is 29.7 Å². The Labute approximate surface area is 126 Å². The Balaban J connectivity index is 1.79. The molecule has 0 saturated carbocycles. The average Bonchev–Trinajstić information content (AvgIpc) is 2.82. The van der Waals surface area contributed by atoms with Gasteiger partial charge in [0.25, 0.3) is 0 Å². The molecule has 0 aliphatic rings. The number of fused-ring (bicyclic) bond motifs is 1. The van der Waals surface area contributed by atoms with Crippen LogP contribution in [0.2, 0.25) is 0 Å². The van der Waals surface area contributed by atoms with Gasteiger partial charge in [0.05, 0.1) is 0 Å². The molecule has 0 radical (unpaired) electrons. The summed E-state index contributed by atoms with van der Waals surface area (Å²) < 4.78 is 2.20. The Bertz CT molecular complexity index is 755. The summed E-state index contributed by atoms with van der Waals surface area (Å²) in [5, 5.41) is 4.99. The van der Waals surface area contributed by atoms with Crippen molar-refractivity contribution >= 4 is 10.9 Å². The molecule has 1 aromatic heterocycles. The van der Waals surface area contributed by atoms with Gasteiger partial charge in [-0.05, 0) is 36.6 Å². The first-order valence-corrected chi connectivity index (χ1v) is 7.48. The minimum Gasteiger partial charge on any atom is -0.350 e. The maximum Gasteiger partial charge on any atom is 0.0481 e. The maximum absolute atomic E-state index is 3.65. The van der Waals surface area contributed by atoms with Crippen molar-refractivity contribution in [2.45, 2.75) is 26.4 Å². The van der Waals surface area contributed by atoms with Crippen molar-refractivity contribution in [1.82, 2.24) is 9.88 Å². The van der Waals surface area contributed by atoms with Crippen LogP contribution in [0.3, 0.4) is 0 Å². The minimum absolute atomic E-state index is 0.352. The van der Waals surface area contributed by atoms with Gasteiger partial charge in [0.15, 0.2) is 0 Å². The maximum atomic E-state index is 3.65. The standard InChI is InChI=1S/C19H22N2/c1-14-8-4-5-9-17(14)15(2)20-12-16-13-21(3)19-11-7-6-10-18(16)19/h4-11,13,15,20H,12H2,1-3H3. The number of nitrogens with zero attached hydrogens (tertiary/aromatic N) is 1. The number of hydrogen-bond acceptors (Lipinski definition) is 1. The Hall–Kier alpha value is -2.06. The van der Waals surface area contributed by atoms with Crippen LogP contribution in [-0.2, 0) is 13.6 Å². The van der Waals surface area contributed by atoms with Gasteiger partial charge >= 0.3 is 0 Å². The average molecular weight is 278 g/mol. The molecule has 0 amide bonds. The van der Waals surface area contributed by atoms with E-state index in [0.717, 1.165) is 6.54 Å². The van der Waals surface area contributed by atoms with E-state index in [9.17, 15) is 0 Å². The van der Waals surface area contributed by atoms with Gasteiger partial charge in [0.1, 0.15) is 0 Å². The fraction of sp³-hybridized carbons (Fsp3) is 0.263. The normalized spacial score (nSPS) is 12.7. The highest BCUT2D eigenvalue weighted by atomic mass is 14.9. The highest BCUT2D eigenvalue weighted by Gasteiger charge is 2.10. The molecule has 2 nitrogen and oxygen atoms in total. The second kappa shape index (κ2) is 5.74. The lowest BCUT2D eigenvalue weighted by Crippen LogP contribution is -2.18. The molecule has 3 rings (SSSR count). The molecule has 2 aromatic carbocycles. The first kappa shape index (κ1) is 13.9. The Morgan fingerprint density at radius 2 is 1.76 bits per heavy atom. The lowest BCUT2D eigenvalue weighted by Gasteiger charge is -2.16. The van der Waals surface area contributed by atoms with Gasteiger partial charge in [-0.2, -0.15) is 0 Å². The molecule has 0 fully saturated rings. The van der Waals surface area contributed by atoms with Crippen LogP contribution in [0.5, 0.6) is 0 Å². The third-order valence-corrected chi connectivity index (χ3v) is 4.23. The van der Waals surface area contributed by atoms with E-state index in [2.05, 4.69) is 85.5 Å². The minimum atomic E-state index is 0.352. The van der Waals surface area contributed by atoms with Crippen molar-refractivity contribution in [3.63, 3.8) is 0 Å². The zero-order valence-electron chi connectivity index (χ0n) is 12.9. The van der Waals surface area contributed by atoms with Crippen LogP contribution >= 0.6 is 0 Å². The fourth-order valence-corrected chi connectivity index (χ4v) is 3.01. The van der Waals surface area contributed by atoms with Crippen molar-refractivity contribution in [3.05, 3.63) is 71.4 Å². The van der Waals surface area contributed by atoms with Crippen molar-refractivity contribution in [1.29, 1.82) is 0 Å².